The topological polar surface area (TPSA) is 110 Å². The zero-order valence-electron chi connectivity index (χ0n) is 19.8. The molecule has 15 heteroatoms. The van der Waals surface area contributed by atoms with Crippen LogP contribution in [0.15, 0.2) is 18.3 Å². The van der Waals surface area contributed by atoms with Crippen LogP contribution in [-0.2, 0) is 11.3 Å². The maximum Gasteiger partial charge on any atom is 0.258 e. The van der Waals surface area contributed by atoms with Crippen molar-refractivity contribution >= 4 is 28.4 Å². The molecule has 6 rings (SSSR count). The minimum Gasteiger partial charge on any atom is -0.378 e. The van der Waals surface area contributed by atoms with E-state index in [1.807, 2.05) is 0 Å². The molecule has 2 atom stereocenters. The molecule has 6 heterocycles. The second-order valence-electron chi connectivity index (χ2n) is 9.12. The molecule has 0 aliphatic carbocycles. The minimum absolute atomic E-state index is 0.0852. The number of hydrogen-bond acceptors (Lipinski definition) is 9. The van der Waals surface area contributed by atoms with Crippen LogP contribution in [0.3, 0.4) is 0 Å². The molecule has 0 bridgehead atoms. The lowest BCUT2D eigenvalue weighted by Crippen LogP contribution is -2.57. The number of alkyl halides is 3. The molecule has 4 aromatic heterocycles. The molecule has 0 saturated carbocycles. The third-order valence-electron chi connectivity index (χ3n) is 6.77. The van der Waals surface area contributed by atoms with Gasteiger partial charge >= 0.3 is 0 Å². The van der Waals surface area contributed by atoms with Crippen LogP contribution in [0.25, 0.3) is 27.9 Å². The fourth-order valence-corrected chi connectivity index (χ4v) is 4.80. The van der Waals surface area contributed by atoms with Gasteiger partial charge in [-0.05, 0) is 18.6 Å². The fourth-order valence-electron chi connectivity index (χ4n) is 4.80. The third-order valence-corrected chi connectivity index (χ3v) is 6.77. The molecule has 0 amide bonds. The van der Waals surface area contributed by atoms with Gasteiger partial charge in [0.2, 0.25) is 5.95 Å². The van der Waals surface area contributed by atoms with E-state index >= 15 is 4.39 Å². The van der Waals surface area contributed by atoms with E-state index in [0.29, 0.717) is 37.2 Å². The number of anilines is 2. The number of fused-ring (bicyclic) bond motifs is 2. The van der Waals surface area contributed by atoms with Crippen molar-refractivity contribution in [3.05, 3.63) is 24.1 Å². The standard InChI is InChI=1S/C22H24F4N10O/c1-27-20-19-18(15-2-3-16-21(28-15)36(33-31-16)8-17(25)26)13(24)7-35(19)32-22(30-20)29-14-4-5-34(6-12(14)23)11-9-37-10-11/h2-3,7,11-12,14,17H,4-6,8-10H2,1H3,(H2,27,29,30,32). The summed E-state index contributed by atoms with van der Waals surface area (Å²) in [7, 11) is 1.62. The summed E-state index contributed by atoms with van der Waals surface area (Å²) in [5.41, 5.74) is 0.975. The van der Waals surface area contributed by atoms with Crippen LogP contribution in [0.1, 0.15) is 6.42 Å². The van der Waals surface area contributed by atoms with E-state index in [-0.39, 0.29) is 34.7 Å². The van der Waals surface area contributed by atoms with Gasteiger partial charge in [0.15, 0.2) is 17.3 Å². The molecule has 2 aliphatic heterocycles. The predicted octanol–water partition coefficient (Wildman–Crippen LogP) is 2.21. The average Bonchev–Trinajstić information content (AvgIpc) is 3.38. The Kier molecular flexibility index (Phi) is 6.03. The Morgan fingerprint density at radius 3 is 2.76 bits per heavy atom. The summed E-state index contributed by atoms with van der Waals surface area (Å²) >= 11 is 0. The number of pyridine rings is 1. The van der Waals surface area contributed by atoms with Gasteiger partial charge in [-0.2, -0.15) is 4.98 Å². The van der Waals surface area contributed by atoms with Gasteiger partial charge in [0, 0.05) is 20.1 Å². The number of rotatable bonds is 7. The molecule has 2 aliphatic rings. The van der Waals surface area contributed by atoms with Gasteiger partial charge < -0.3 is 15.4 Å². The molecular weight excluding hydrogens is 496 g/mol. The molecule has 196 valence electrons. The van der Waals surface area contributed by atoms with Crippen LogP contribution < -0.4 is 10.6 Å². The zero-order valence-corrected chi connectivity index (χ0v) is 19.8. The number of ether oxygens (including phenoxy) is 1. The first kappa shape index (κ1) is 23.8. The normalized spacial score (nSPS) is 21.1. The van der Waals surface area contributed by atoms with E-state index in [9.17, 15) is 13.2 Å². The molecule has 0 aromatic carbocycles. The number of nitrogens with one attached hydrogen (secondary N) is 2. The second-order valence-corrected chi connectivity index (χ2v) is 9.12. The van der Waals surface area contributed by atoms with Crippen LogP contribution in [0.4, 0.5) is 29.3 Å². The van der Waals surface area contributed by atoms with Crippen molar-refractivity contribution in [1.82, 2.24) is 39.5 Å². The van der Waals surface area contributed by atoms with Crippen LogP contribution >= 0.6 is 0 Å². The van der Waals surface area contributed by atoms with Gasteiger partial charge in [0.05, 0.1) is 42.8 Å². The van der Waals surface area contributed by atoms with Crippen LogP contribution in [-0.4, -0.2) is 97.5 Å². The van der Waals surface area contributed by atoms with Gasteiger partial charge in [-0.3, -0.25) is 4.90 Å². The Bertz CT molecular complexity index is 1440. The van der Waals surface area contributed by atoms with Crippen molar-refractivity contribution in [2.75, 3.05) is 44.0 Å². The molecule has 4 aromatic rings. The highest BCUT2D eigenvalue weighted by atomic mass is 19.3. The smallest absolute Gasteiger partial charge is 0.258 e. The van der Waals surface area contributed by atoms with E-state index in [1.165, 1.54) is 22.8 Å². The first-order chi connectivity index (χ1) is 17.9. The molecule has 2 N–H and O–H groups in total. The van der Waals surface area contributed by atoms with Crippen molar-refractivity contribution < 1.29 is 22.3 Å². The number of likely N-dealkylation sites (tertiary alicyclic amines) is 1. The molecule has 37 heavy (non-hydrogen) atoms. The van der Waals surface area contributed by atoms with Crippen molar-refractivity contribution in [3.8, 4) is 11.3 Å². The summed E-state index contributed by atoms with van der Waals surface area (Å²) < 4.78 is 63.6. The van der Waals surface area contributed by atoms with Crippen LogP contribution in [0.5, 0.6) is 0 Å². The summed E-state index contributed by atoms with van der Waals surface area (Å²) in [5, 5.41) is 17.9. The van der Waals surface area contributed by atoms with Gasteiger partial charge in [0.25, 0.3) is 6.43 Å². The number of aromatic nitrogens is 7. The van der Waals surface area contributed by atoms with E-state index in [4.69, 9.17) is 4.74 Å². The highest BCUT2D eigenvalue weighted by molar-refractivity contribution is 5.89. The minimum atomic E-state index is -2.65. The first-order valence-electron chi connectivity index (χ1n) is 11.9. The number of nitrogens with zero attached hydrogens (tertiary/aromatic N) is 8. The Hall–Kier alpha value is -3.59. The molecule has 0 spiro atoms. The van der Waals surface area contributed by atoms with Gasteiger partial charge in [-0.1, -0.05) is 5.21 Å². The average molecular weight is 520 g/mol. The molecule has 2 unspecified atom stereocenters. The molecule has 2 fully saturated rings. The Morgan fingerprint density at radius 2 is 2.05 bits per heavy atom. The Balaban J connectivity index is 1.32. The summed E-state index contributed by atoms with van der Waals surface area (Å²) in [6.07, 6.45) is -2.05. The number of piperidine rings is 1. The van der Waals surface area contributed by atoms with Gasteiger partial charge in [-0.25, -0.2) is 31.7 Å². The van der Waals surface area contributed by atoms with E-state index in [1.54, 1.807) is 7.05 Å². The SMILES string of the molecule is CNc1nc(NC2CCN(C3COC3)CC2F)nn2cc(F)c(-c3ccc4nnn(CC(F)F)c4n3)c12. The van der Waals surface area contributed by atoms with E-state index in [0.717, 1.165) is 11.2 Å². The fraction of sp³-hybridized carbons (Fsp3) is 0.500. The lowest BCUT2D eigenvalue weighted by atomic mass is 10.0. The number of halogens is 4. The number of hydrogen-bond donors (Lipinski definition) is 2. The quantitative estimate of drug-likeness (QED) is 0.355. The van der Waals surface area contributed by atoms with Crippen LogP contribution in [0, 0.1) is 5.82 Å². The molecule has 2 saturated heterocycles. The summed E-state index contributed by atoms with van der Waals surface area (Å²) in [4.78, 5) is 10.9. The van der Waals surface area contributed by atoms with Crippen molar-refractivity contribution in [3.63, 3.8) is 0 Å². The highest BCUT2D eigenvalue weighted by Gasteiger charge is 2.36. The monoisotopic (exact) mass is 520 g/mol. The van der Waals surface area contributed by atoms with E-state index in [2.05, 4.69) is 40.9 Å². The molecule has 11 nitrogen and oxygen atoms in total. The lowest BCUT2D eigenvalue weighted by molar-refractivity contribution is -0.0794. The second kappa shape index (κ2) is 9.37. The summed E-state index contributed by atoms with van der Waals surface area (Å²) in [5.74, 6) is -0.201. The maximum atomic E-state index is 15.2. The van der Waals surface area contributed by atoms with Crippen molar-refractivity contribution in [2.24, 2.45) is 0 Å². The highest BCUT2D eigenvalue weighted by Crippen LogP contribution is 2.33. The predicted molar refractivity (Wildman–Crippen MR) is 126 cm³/mol. The van der Waals surface area contributed by atoms with Crippen LogP contribution in [0.2, 0.25) is 0 Å². The largest absolute Gasteiger partial charge is 0.378 e. The third kappa shape index (κ3) is 4.31. The molecule has 0 radical (unpaired) electrons. The Labute approximate surface area is 207 Å². The van der Waals surface area contributed by atoms with Gasteiger partial charge in [-0.15, -0.1) is 10.2 Å². The zero-order chi connectivity index (χ0) is 25.7. The lowest BCUT2D eigenvalue weighted by Gasteiger charge is -2.42. The Morgan fingerprint density at radius 1 is 1.22 bits per heavy atom. The van der Waals surface area contributed by atoms with E-state index < -0.39 is 31.0 Å². The van der Waals surface area contributed by atoms with Crippen molar-refractivity contribution in [1.29, 1.82) is 0 Å². The van der Waals surface area contributed by atoms with Crippen molar-refractivity contribution in [2.45, 2.75) is 37.6 Å². The summed E-state index contributed by atoms with van der Waals surface area (Å²) in [6, 6.07) is 2.84. The van der Waals surface area contributed by atoms with Gasteiger partial charge in [0.1, 0.15) is 23.7 Å². The maximum absolute atomic E-state index is 15.2. The summed E-state index contributed by atoms with van der Waals surface area (Å²) in [6.45, 7) is 1.59. The first-order valence-corrected chi connectivity index (χ1v) is 11.9. The molecular formula is C22H24F4N10O.